The monoisotopic (exact) mass is 476 g/mol. The minimum absolute atomic E-state index is 0.102. The standard InChI is InChI=1S/C23H22Cl2N2O3S/c1-16-7-11-20(12-8-16)31(29,30)27-22(13-17-5-3-2-4-6-17)23(28)26-15-18-9-10-19(24)14-21(18)25/h2-12,14,22,27H,13,15H2,1H3,(H,26,28). The van der Waals surface area contributed by atoms with Gasteiger partial charge in [-0.15, -0.1) is 0 Å². The summed E-state index contributed by atoms with van der Waals surface area (Å²) in [5, 5.41) is 3.69. The van der Waals surface area contributed by atoms with Gasteiger partial charge in [0, 0.05) is 16.6 Å². The first-order valence-electron chi connectivity index (χ1n) is 9.59. The van der Waals surface area contributed by atoms with Gasteiger partial charge in [0.2, 0.25) is 15.9 Å². The summed E-state index contributed by atoms with van der Waals surface area (Å²) in [4.78, 5) is 13.1. The maximum atomic E-state index is 13.0. The number of halogens is 2. The van der Waals surface area contributed by atoms with Gasteiger partial charge >= 0.3 is 0 Å². The number of hydrogen-bond donors (Lipinski definition) is 2. The van der Waals surface area contributed by atoms with E-state index in [1.54, 1.807) is 30.3 Å². The quantitative estimate of drug-likeness (QED) is 0.502. The van der Waals surface area contributed by atoms with Crippen molar-refractivity contribution in [3.8, 4) is 0 Å². The molecule has 0 heterocycles. The highest BCUT2D eigenvalue weighted by atomic mass is 35.5. The zero-order valence-corrected chi connectivity index (χ0v) is 19.1. The topological polar surface area (TPSA) is 75.3 Å². The first-order valence-corrected chi connectivity index (χ1v) is 11.8. The van der Waals surface area contributed by atoms with Gasteiger partial charge in [0.05, 0.1) is 4.90 Å². The van der Waals surface area contributed by atoms with E-state index >= 15 is 0 Å². The van der Waals surface area contributed by atoms with Crippen LogP contribution in [0.5, 0.6) is 0 Å². The van der Waals surface area contributed by atoms with Crippen LogP contribution in [0.25, 0.3) is 0 Å². The molecular weight excluding hydrogens is 455 g/mol. The minimum atomic E-state index is -3.89. The van der Waals surface area contributed by atoms with Gasteiger partial charge in [-0.2, -0.15) is 4.72 Å². The molecule has 31 heavy (non-hydrogen) atoms. The average molecular weight is 477 g/mol. The Kier molecular flexibility index (Phi) is 7.73. The third kappa shape index (κ3) is 6.55. The molecule has 0 aromatic heterocycles. The van der Waals surface area contributed by atoms with E-state index in [1.807, 2.05) is 37.3 Å². The Hall–Kier alpha value is -2.38. The van der Waals surface area contributed by atoms with Gasteiger partial charge in [0.25, 0.3) is 0 Å². The predicted molar refractivity (Wildman–Crippen MR) is 124 cm³/mol. The van der Waals surface area contributed by atoms with E-state index in [4.69, 9.17) is 23.2 Å². The van der Waals surface area contributed by atoms with E-state index < -0.39 is 22.0 Å². The number of carbonyl (C=O) groups is 1. The van der Waals surface area contributed by atoms with Crippen molar-refractivity contribution in [3.63, 3.8) is 0 Å². The Morgan fingerprint density at radius 3 is 2.29 bits per heavy atom. The summed E-state index contributed by atoms with van der Waals surface area (Å²) in [6, 6.07) is 19.7. The molecule has 0 saturated heterocycles. The van der Waals surface area contributed by atoms with Crippen LogP contribution in [0.3, 0.4) is 0 Å². The molecule has 0 aliphatic heterocycles. The number of benzene rings is 3. The van der Waals surface area contributed by atoms with Crippen LogP contribution in [0.1, 0.15) is 16.7 Å². The number of nitrogens with one attached hydrogen (secondary N) is 2. The maximum absolute atomic E-state index is 13.0. The molecule has 0 radical (unpaired) electrons. The number of aryl methyl sites for hydroxylation is 1. The van der Waals surface area contributed by atoms with E-state index in [9.17, 15) is 13.2 Å². The summed E-state index contributed by atoms with van der Waals surface area (Å²) in [5.74, 6) is -0.453. The second-order valence-electron chi connectivity index (χ2n) is 7.13. The number of hydrogen-bond acceptors (Lipinski definition) is 3. The zero-order chi connectivity index (χ0) is 22.4. The molecule has 0 fully saturated rings. The molecule has 1 atom stereocenters. The number of sulfonamides is 1. The first kappa shape index (κ1) is 23.3. The molecule has 0 saturated carbocycles. The molecule has 0 aliphatic rings. The minimum Gasteiger partial charge on any atom is -0.351 e. The van der Waals surface area contributed by atoms with Crippen LogP contribution in [0.4, 0.5) is 0 Å². The molecule has 0 spiro atoms. The van der Waals surface area contributed by atoms with Crippen LogP contribution >= 0.6 is 23.2 Å². The molecule has 0 aliphatic carbocycles. The third-order valence-electron chi connectivity index (χ3n) is 4.70. The van der Waals surface area contributed by atoms with Gasteiger partial charge in [-0.3, -0.25) is 4.79 Å². The smallest absolute Gasteiger partial charge is 0.241 e. The Morgan fingerprint density at radius 1 is 0.968 bits per heavy atom. The Morgan fingerprint density at radius 2 is 1.65 bits per heavy atom. The van der Waals surface area contributed by atoms with Gasteiger partial charge in [-0.05, 0) is 48.7 Å². The average Bonchev–Trinajstić information content (AvgIpc) is 2.73. The lowest BCUT2D eigenvalue weighted by atomic mass is 10.1. The van der Waals surface area contributed by atoms with E-state index in [0.29, 0.717) is 15.6 Å². The van der Waals surface area contributed by atoms with Crippen LogP contribution in [0.2, 0.25) is 10.0 Å². The highest BCUT2D eigenvalue weighted by molar-refractivity contribution is 7.89. The van der Waals surface area contributed by atoms with Gasteiger partial charge < -0.3 is 5.32 Å². The number of amides is 1. The van der Waals surface area contributed by atoms with Crippen LogP contribution in [0.15, 0.2) is 77.7 Å². The predicted octanol–water partition coefficient (Wildman–Crippen LogP) is 4.51. The molecular formula is C23H22Cl2N2O3S. The van der Waals surface area contributed by atoms with Gasteiger partial charge in [0.15, 0.2) is 0 Å². The maximum Gasteiger partial charge on any atom is 0.241 e. The van der Waals surface area contributed by atoms with Crippen molar-refractivity contribution in [2.24, 2.45) is 0 Å². The van der Waals surface area contributed by atoms with Crippen LogP contribution in [-0.4, -0.2) is 20.4 Å². The lowest BCUT2D eigenvalue weighted by molar-refractivity contribution is -0.122. The molecule has 0 bridgehead atoms. The van der Waals surface area contributed by atoms with Crippen molar-refractivity contribution in [2.45, 2.75) is 30.8 Å². The van der Waals surface area contributed by atoms with Crippen molar-refractivity contribution in [1.29, 1.82) is 0 Å². The second kappa shape index (κ2) is 10.3. The van der Waals surface area contributed by atoms with E-state index in [2.05, 4.69) is 10.0 Å². The fourth-order valence-corrected chi connectivity index (χ4v) is 4.65. The Bertz CT molecular complexity index is 1150. The van der Waals surface area contributed by atoms with Gasteiger partial charge in [-0.25, -0.2) is 8.42 Å². The summed E-state index contributed by atoms with van der Waals surface area (Å²) >= 11 is 12.1. The number of rotatable bonds is 8. The normalized spacial score (nSPS) is 12.4. The van der Waals surface area contributed by atoms with Crippen molar-refractivity contribution >= 4 is 39.1 Å². The molecule has 1 amide bonds. The fourth-order valence-electron chi connectivity index (χ4n) is 2.98. The molecule has 1 unspecified atom stereocenters. The lowest BCUT2D eigenvalue weighted by Gasteiger charge is -2.19. The molecule has 3 rings (SSSR count). The Labute approximate surface area is 192 Å². The van der Waals surface area contributed by atoms with Crippen molar-refractivity contribution in [3.05, 3.63) is 99.5 Å². The Balaban J connectivity index is 1.79. The zero-order valence-electron chi connectivity index (χ0n) is 16.8. The van der Waals surface area contributed by atoms with Crippen LogP contribution < -0.4 is 10.0 Å². The van der Waals surface area contributed by atoms with Crippen molar-refractivity contribution in [1.82, 2.24) is 10.0 Å². The van der Waals surface area contributed by atoms with E-state index in [0.717, 1.165) is 11.1 Å². The first-order chi connectivity index (χ1) is 14.7. The molecule has 5 nitrogen and oxygen atoms in total. The molecule has 8 heteroatoms. The molecule has 2 N–H and O–H groups in total. The number of carbonyl (C=O) groups excluding carboxylic acids is 1. The summed E-state index contributed by atoms with van der Waals surface area (Å²) in [7, 11) is -3.89. The summed E-state index contributed by atoms with van der Waals surface area (Å²) in [5.41, 5.74) is 2.45. The van der Waals surface area contributed by atoms with E-state index in [1.165, 1.54) is 12.1 Å². The largest absolute Gasteiger partial charge is 0.351 e. The second-order valence-corrected chi connectivity index (χ2v) is 9.69. The molecule has 3 aromatic carbocycles. The highest BCUT2D eigenvalue weighted by Gasteiger charge is 2.26. The molecule has 3 aromatic rings. The fraction of sp³-hybridized carbons (Fsp3) is 0.174. The van der Waals surface area contributed by atoms with Gasteiger partial charge in [0.1, 0.15) is 6.04 Å². The highest BCUT2D eigenvalue weighted by Crippen LogP contribution is 2.21. The SMILES string of the molecule is Cc1ccc(S(=O)(=O)NC(Cc2ccccc2)C(=O)NCc2ccc(Cl)cc2Cl)cc1. The van der Waals surface area contributed by atoms with Crippen molar-refractivity contribution in [2.75, 3.05) is 0 Å². The van der Waals surface area contributed by atoms with Gasteiger partial charge in [-0.1, -0.05) is 77.3 Å². The molecule has 162 valence electrons. The van der Waals surface area contributed by atoms with Crippen LogP contribution in [-0.2, 0) is 27.8 Å². The third-order valence-corrected chi connectivity index (χ3v) is 6.77. The summed E-state index contributed by atoms with van der Waals surface area (Å²) in [6.45, 7) is 2.02. The summed E-state index contributed by atoms with van der Waals surface area (Å²) in [6.07, 6.45) is 0.201. The van der Waals surface area contributed by atoms with Crippen molar-refractivity contribution < 1.29 is 13.2 Å². The van der Waals surface area contributed by atoms with Crippen LogP contribution in [0, 0.1) is 6.92 Å². The van der Waals surface area contributed by atoms with E-state index in [-0.39, 0.29) is 17.9 Å². The summed E-state index contributed by atoms with van der Waals surface area (Å²) < 4.78 is 28.3. The lowest BCUT2D eigenvalue weighted by Crippen LogP contribution is -2.47.